The zero-order valence-corrected chi connectivity index (χ0v) is 13.2. The summed E-state index contributed by atoms with van der Waals surface area (Å²) >= 11 is 3.48. The maximum Gasteiger partial charge on any atom is 0.226 e. The third-order valence-corrected chi connectivity index (χ3v) is 4.23. The summed E-state index contributed by atoms with van der Waals surface area (Å²) in [5.74, 6) is 0.759. The number of hydrogen-bond acceptors (Lipinski definition) is 3. The van der Waals surface area contributed by atoms with Gasteiger partial charge in [-0.2, -0.15) is 10.1 Å². The molecule has 1 N–H and O–H groups in total. The Balaban J connectivity index is 1.81. The van der Waals surface area contributed by atoms with Crippen LogP contribution in [-0.4, -0.2) is 14.8 Å². The summed E-state index contributed by atoms with van der Waals surface area (Å²) in [5.41, 5.74) is 3.36. The van der Waals surface area contributed by atoms with E-state index in [0.717, 1.165) is 21.7 Å². The van der Waals surface area contributed by atoms with E-state index in [1.807, 2.05) is 35.0 Å². The van der Waals surface area contributed by atoms with Crippen LogP contribution in [0.25, 0.3) is 5.70 Å². The second kappa shape index (κ2) is 5.42. The molecule has 1 atom stereocenters. The average Bonchev–Trinajstić information content (AvgIpc) is 3.04. The summed E-state index contributed by atoms with van der Waals surface area (Å²) in [4.78, 5) is 4.32. The Morgan fingerprint density at radius 1 is 1.00 bits per heavy atom. The van der Waals surface area contributed by atoms with Crippen molar-refractivity contribution >= 4 is 27.6 Å². The monoisotopic (exact) mass is 352 g/mol. The highest BCUT2D eigenvalue weighted by Crippen LogP contribution is 2.32. The Morgan fingerprint density at radius 2 is 1.77 bits per heavy atom. The van der Waals surface area contributed by atoms with E-state index in [0.29, 0.717) is 0 Å². The number of benzene rings is 2. The fraction of sp³-hybridized carbons (Fsp3) is 0.0588. The van der Waals surface area contributed by atoms with Crippen LogP contribution in [0, 0.1) is 0 Å². The van der Waals surface area contributed by atoms with Gasteiger partial charge < -0.3 is 5.32 Å². The van der Waals surface area contributed by atoms with Crippen molar-refractivity contribution in [2.24, 2.45) is 0 Å². The quantitative estimate of drug-likeness (QED) is 0.754. The van der Waals surface area contributed by atoms with Crippen LogP contribution in [-0.2, 0) is 0 Å². The van der Waals surface area contributed by atoms with Crippen molar-refractivity contribution < 1.29 is 0 Å². The van der Waals surface area contributed by atoms with Crippen molar-refractivity contribution in [3.63, 3.8) is 0 Å². The van der Waals surface area contributed by atoms with Crippen LogP contribution in [0.5, 0.6) is 0 Å². The lowest BCUT2D eigenvalue weighted by Gasteiger charge is -2.24. The van der Waals surface area contributed by atoms with Gasteiger partial charge in [-0.15, -0.1) is 0 Å². The molecule has 4 rings (SSSR count). The topological polar surface area (TPSA) is 42.7 Å². The molecule has 0 saturated heterocycles. The Bertz CT molecular complexity index is 821. The van der Waals surface area contributed by atoms with Gasteiger partial charge in [0.1, 0.15) is 12.4 Å². The Hall–Kier alpha value is -2.40. The second-order valence-corrected chi connectivity index (χ2v) is 6.01. The summed E-state index contributed by atoms with van der Waals surface area (Å²) in [7, 11) is 0. The van der Waals surface area contributed by atoms with Crippen molar-refractivity contribution in [3.8, 4) is 0 Å². The number of fused-ring (bicyclic) bond motifs is 1. The number of nitrogens with one attached hydrogen (secondary N) is 1. The van der Waals surface area contributed by atoms with Crippen LogP contribution in [0.1, 0.15) is 17.2 Å². The molecule has 0 radical (unpaired) electrons. The van der Waals surface area contributed by atoms with Crippen molar-refractivity contribution in [1.29, 1.82) is 0 Å². The Labute approximate surface area is 136 Å². The zero-order chi connectivity index (χ0) is 14.9. The SMILES string of the molecule is Brc1ccc([C@H]2C=C(c3ccccc3)Nc3ncnn32)cc1. The molecule has 0 aliphatic carbocycles. The third-order valence-electron chi connectivity index (χ3n) is 3.70. The normalized spacial score (nSPS) is 16.6. The van der Waals surface area contributed by atoms with Crippen LogP contribution in [0.3, 0.4) is 0 Å². The van der Waals surface area contributed by atoms with Crippen LogP contribution in [0.2, 0.25) is 0 Å². The molecule has 1 aliphatic heterocycles. The summed E-state index contributed by atoms with van der Waals surface area (Å²) in [6.45, 7) is 0. The molecule has 2 aromatic carbocycles. The number of aromatic nitrogens is 3. The molecule has 0 saturated carbocycles. The molecule has 0 fully saturated rings. The lowest BCUT2D eigenvalue weighted by molar-refractivity contribution is 0.612. The van der Waals surface area contributed by atoms with E-state index >= 15 is 0 Å². The van der Waals surface area contributed by atoms with Crippen LogP contribution < -0.4 is 5.32 Å². The van der Waals surface area contributed by atoms with E-state index in [2.05, 4.69) is 61.7 Å². The maximum atomic E-state index is 4.35. The third kappa shape index (κ3) is 2.33. The van der Waals surface area contributed by atoms with E-state index < -0.39 is 0 Å². The zero-order valence-electron chi connectivity index (χ0n) is 11.6. The predicted molar refractivity (Wildman–Crippen MR) is 90.3 cm³/mol. The predicted octanol–water partition coefficient (Wildman–Crippen LogP) is 4.10. The summed E-state index contributed by atoms with van der Waals surface area (Å²) in [6, 6.07) is 18.6. The number of allylic oxidation sites excluding steroid dienone is 1. The van der Waals surface area contributed by atoms with Crippen molar-refractivity contribution in [2.45, 2.75) is 6.04 Å². The highest BCUT2D eigenvalue weighted by atomic mass is 79.9. The molecule has 0 spiro atoms. The molecule has 4 nitrogen and oxygen atoms in total. The van der Waals surface area contributed by atoms with Crippen LogP contribution in [0.4, 0.5) is 5.95 Å². The molecule has 2 heterocycles. The minimum absolute atomic E-state index is 0.0297. The molecule has 3 aromatic rings. The fourth-order valence-electron chi connectivity index (χ4n) is 2.62. The summed E-state index contributed by atoms with van der Waals surface area (Å²) in [5, 5.41) is 7.70. The Kier molecular flexibility index (Phi) is 3.27. The molecule has 1 aliphatic rings. The van der Waals surface area contributed by atoms with Gasteiger partial charge in [-0.05, 0) is 29.3 Å². The molecule has 0 amide bonds. The van der Waals surface area contributed by atoms with Gasteiger partial charge in [0.2, 0.25) is 5.95 Å². The average molecular weight is 353 g/mol. The molecule has 0 bridgehead atoms. The first-order chi connectivity index (χ1) is 10.8. The van der Waals surface area contributed by atoms with Gasteiger partial charge >= 0.3 is 0 Å². The van der Waals surface area contributed by atoms with Gasteiger partial charge in [-0.1, -0.05) is 58.4 Å². The minimum Gasteiger partial charge on any atom is -0.324 e. The highest BCUT2D eigenvalue weighted by Gasteiger charge is 2.23. The molecule has 22 heavy (non-hydrogen) atoms. The number of anilines is 1. The molecule has 108 valence electrons. The molecule has 1 aromatic heterocycles. The first-order valence-corrected chi connectivity index (χ1v) is 7.80. The maximum absolute atomic E-state index is 4.35. The molecular weight excluding hydrogens is 340 g/mol. The molecule has 0 unspecified atom stereocenters. The van der Waals surface area contributed by atoms with Gasteiger partial charge in [0.05, 0.1) is 0 Å². The first-order valence-electron chi connectivity index (χ1n) is 7.00. The lowest BCUT2D eigenvalue weighted by Crippen LogP contribution is -2.20. The highest BCUT2D eigenvalue weighted by molar-refractivity contribution is 9.10. The first kappa shape index (κ1) is 13.3. The summed E-state index contributed by atoms with van der Waals surface area (Å²) in [6.07, 6.45) is 3.76. The van der Waals surface area contributed by atoms with Gasteiger partial charge in [-0.3, -0.25) is 0 Å². The van der Waals surface area contributed by atoms with Crippen LogP contribution >= 0.6 is 15.9 Å². The van der Waals surface area contributed by atoms with Crippen molar-refractivity contribution in [1.82, 2.24) is 14.8 Å². The van der Waals surface area contributed by atoms with E-state index in [4.69, 9.17) is 0 Å². The largest absolute Gasteiger partial charge is 0.324 e. The van der Waals surface area contributed by atoms with Crippen LogP contribution in [0.15, 0.2) is 71.5 Å². The number of hydrogen-bond donors (Lipinski definition) is 1. The molecule has 5 heteroatoms. The van der Waals surface area contributed by atoms with Crippen molar-refractivity contribution in [2.75, 3.05) is 5.32 Å². The second-order valence-electron chi connectivity index (χ2n) is 5.10. The van der Waals surface area contributed by atoms with Crippen molar-refractivity contribution in [3.05, 3.63) is 82.6 Å². The van der Waals surface area contributed by atoms with E-state index in [1.165, 1.54) is 5.56 Å². The van der Waals surface area contributed by atoms with Gasteiger partial charge in [0.25, 0.3) is 0 Å². The van der Waals surface area contributed by atoms with E-state index in [9.17, 15) is 0 Å². The standard InChI is InChI=1S/C17H13BrN4/c18-14-8-6-13(7-9-14)16-10-15(12-4-2-1-3-5-12)21-17-19-11-20-22(16)17/h1-11,16H,(H,19,20,21)/t16-/m1/s1. The van der Waals surface area contributed by atoms with E-state index in [1.54, 1.807) is 6.33 Å². The minimum atomic E-state index is 0.0297. The number of nitrogens with zero attached hydrogens (tertiary/aromatic N) is 3. The van der Waals surface area contributed by atoms with Gasteiger partial charge in [0, 0.05) is 10.2 Å². The Morgan fingerprint density at radius 3 is 2.55 bits per heavy atom. The smallest absolute Gasteiger partial charge is 0.226 e. The number of rotatable bonds is 2. The lowest BCUT2D eigenvalue weighted by atomic mass is 10.0. The van der Waals surface area contributed by atoms with Gasteiger partial charge in [-0.25, -0.2) is 4.68 Å². The van der Waals surface area contributed by atoms with E-state index in [-0.39, 0.29) is 6.04 Å². The molecular formula is C17H13BrN4. The summed E-state index contributed by atoms with van der Waals surface area (Å²) < 4.78 is 2.96. The van der Waals surface area contributed by atoms with Gasteiger partial charge in [0.15, 0.2) is 0 Å². The number of halogens is 1. The fourth-order valence-corrected chi connectivity index (χ4v) is 2.88.